The second-order valence-corrected chi connectivity index (χ2v) is 6.84. The molecule has 1 fully saturated rings. The summed E-state index contributed by atoms with van der Waals surface area (Å²) in [6.45, 7) is 3.02. The topological polar surface area (TPSA) is 40.6 Å². The van der Waals surface area contributed by atoms with Gasteiger partial charge in [0.1, 0.15) is 0 Å². The lowest BCUT2D eigenvalue weighted by Crippen LogP contribution is -2.41. The number of hydrogen-bond acceptors (Lipinski definition) is 3. The molecule has 1 atom stereocenters. The Bertz CT molecular complexity index is 771. The van der Waals surface area contributed by atoms with Crippen molar-refractivity contribution in [3.8, 4) is 0 Å². The van der Waals surface area contributed by atoms with Gasteiger partial charge in [0.2, 0.25) is 11.8 Å². The summed E-state index contributed by atoms with van der Waals surface area (Å²) in [7, 11) is 0. The number of hydrogen-bond donors (Lipinski definition) is 0. The van der Waals surface area contributed by atoms with E-state index in [9.17, 15) is 9.59 Å². The first-order valence-electron chi connectivity index (χ1n) is 8.90. The number of imide groups is 1. The summed E-state index contributed by atoms with van der Waals surface area (Å²) >= 11 is 0. The average Bonchev–Trinajstić information content (AvgIpc) is 2.98. The maximum Gasteiger partial charge on any atom is 0.229 e. The molecule has 0 radical (unpaired) electrons. The molecule has 0 aliphatic carbocycles. The molecule has 25 heavy (non-hydrogen) atoms. The van der Waals surface area contributed by atoms with Crippen LogP contribution in [0.1, 0.15) is 35.4 Å². The van der Waals surface area contributed by atoms with Crippen LogP contribution in [0.3, 0.4) is 0 Å². The summed E-state index contributed by atoms with van der Waals surface area (Å²) in [6, 6.07) is 19.2. The highest BCUT2D eigenvalue weighted by Gasteiger charge is 2.31. The largest absolute Gasteiger partial charge is 0.296 e. The Hall–Kier alpha value is -2.46. The molecule has 4 heteroatoms. The van der Waals surface area contributed by atoms with Crippen LogP contribution in [0.5, 0.6) is 0 Å². The number of carbonyl (C=O) groups excluding carboxylic acids is 2. The molecular formula is C21H22N2O2. The maximum absolute atomic E-state index is 11.8. The maximum atomic E-state index is 11.8. The van der Waals surface area contributed by atoms with Gasteiger partial charge in [-0.1, -0.05) is 54.6 Å². The molecule has 0 bridgehead atoms. The minimum Gasteiger partial charge on any atom is -0.296 e. The fourth-order valence-electron chi connectivity index (χ4n) is 3.93. The van der Waals surface area contributed by atoms with Crippen molar-refractivity contribution in [2.75, 3.05) is 19.6 Å². The smallest absolute Gasteiger partial charge is 0.229 e. The van der Waals surface area contributed by atoms with Crippen molar-refractivity contribution in [1.29, 1.82) is 0 Å². The Morgan fingerprint density at radius 2 is 1.52 bits per heavy atom. The van der Waals surface area contributed by atoms with E-state index in [0.717, 1.165) is 19.6 Å². The number of nitrogens with zero attached hydrogens (tertiary/aromatic N) is 2. The van der Waals surface area contributed by atoms with E-state index >= 15 is 0 Å². The Kier molecular flexibility index (Phi) is 4.36. The van der Waals surface area contributed by atoms with E-state index in [1.54, 1.807) is 0 Å². The quantitative estimate of drug-likeness (QED) is 0.807. The lowest BCUT2D eigenvalue weighted by molar-refractivity contribution is -0.138. The normalized spacial score (nSPS) is 20.8. The van der Waals surface area contributed by atoms with Gasteiger partial charge in [0, 0.05) is 44.9 Å². The van der Waals surface area contributed by atoms with Crippen molar-refractivity contribution in [2.45, 2.75) is 25.3 Å². The van der Waals surface area contributed by atoms with E-state index in [0.29, 0.717) is 25.3 Å². The first kappa shape index (κ1) is 16.0. The predicted octanol–water partition coefficient (Wildman–Crippen LogP) is 2.78. The zero-order chi connectivity index (χ0) is 17.2. The highest BCUT2D eigenvalue weighted by Crippen LogP contribution is 2.33. The Labute approximate surface area is 148 Å². The summed E-state index contributed by atoms with van der Waals surface area (Å²) in [6.07, 6.45) is 0.739. The monoisotopic (exact) mass is 334 g/mol. The Morgan fingerprint density at radius 1 is 0.840 bits per heavy atom. The van der Waals surface area contributed by atoms with Gasteiger partial charge >= 0.3 is 0 Å². The SMILES string of the molecule is O=C1CCC(=O)N1CCN1Cc2ccccc2[C@@H](c2ccccc2)C1. The Balaban J connectivity index is 1.53. The first-order valence-corrected chi connectivity index (χ1v) is 8.90. The molecule has 4 nitrogen and oxygen atoms in total. The zero-order valence-electron chi connectivity index (χ0n) is 14.2. The molecule has 2 heterocycles. The summed E-state index contributed by atoms with van der Waals surface area (Å²) < 4.78 is 0. The highest BCUT2D eigenvalue weighted by molar-refractivity contribution is 6.01. The van der Waals surface area contributed by atoms with E-state index in [1.807, 2.05) is 6.07 Å². The van der Waals surface area contributed by atoms with Gasteiger partial charge in [-0.05, 0) is 16.7 Å². The van der Waals surface area contributed by atoms with Crippen molar-refractivity contribution in [3.05, 3.63) is 71.3 Å². The summed E-state index contributed by atoms with van der Waals surface area (Å²) in [5.74, 6) is 0.278. The average molecular weight is 334 g/mol. The zero-order valence-corrected chi connectivity index (χ0v) is 14.2. The standard InChI is InChI=1S/C21H22N2O2/c24-20-10-11-21(25)23(20)13-12-22-14-17-8-4-5-9-18(17)19(15-22)16-6-2-1-3-7-16/h1-9,19H,10-15H2/t19-/m1/s1. The highest BCUT2D eigenvalue weighted by atomic mass is 16.2. The molecular weight excluding hydrogens is 312 g/mol. The minimum atomic E-state index is -0.0259. The number of amides is 2. The summed E-state index contributed by atoms with van der Waals surface area (Å²) in [4.78, 5) is 27.4. The molecule has 1 saturated heterocycles. The van der Waals surface area contributed by atoms with Gasteiger partial charge in [0.25, 0.3) is 0 Å². The molecule has 0 aromatic heterocycles. The fourth-order valence-corrected chi connectivity index (χ4v) is 3.93. The van der Waals surface area contributed by atoms with Crippen LogP contribution in [0.25, 0.3) is 0 Å². The second kappa shape index (κ2) is 6.81. The van der Waals surface area contributed by atoms with Crippen LogP contribution in [0.2, 0.25) is 0 Å². The van der Waals surface area contributed by atoms with Crippen molar-refractivity contribution < 1.29 is 9.59 Å². The van der Waals surface area contributed by atoms with Crippen LogP contribution >= 0.6 is 0 Å². The third kappa shape index (κ3) is 3.22. The number of benzene rings is 2. The van der Waals surface area contributed by atoms with Crippen LogP contribution in [0.15, 0.2) is 54.6 Å². The summed E-state index contributed by atoms with van der Waals surface area (Å²) in [5, 5.41) is 0. The van der Waals surface area contributed by atoms with Crippen LogP contribution in [-0.4, -0.2) is 41.2 Å². The molecule has 0 unspecified atom stereocenters. The van der Waals surface area contributed by atoms with Gasteiger partial charge in [-0.3, -0.25) is 19.4 Å². The van der Waals surface area contributed by atoms with E-state index in [4.69, 9.17) is 0 Å². The van der Waals surface area contributed by atoms with Crippen molar-refractivity contribution in [2.24, 2.45) is 0 Å². The lowest BCUT2D eigenvalue weighted by Gasteiger charge is -2.35. The second-order valence-electron chi connectivity index (χ2n) is 6.84. The van der Waals surface area contributed by atoms with E-state index in [2.05, 4.69) is 53.4 Å². The molecule has 2 aliphatic rings. The van der Waals surface area contributed by atoms with Gasteiger partial charge in [0.15, 0.2) is 0 Å². The fraction of sp³-hybridized carbons (Fsp3) is 0.333. The third-order valence-electron chi connectivity index (χ3n) is 5.26. The van der Waals surface area contributed by atoms with Gasteiger partial charge in [0.05, 0.1) is 0 Å². The molecule has 0 N–H and O–H groups in total. The summed E-state index contributed by atoms with van der Waals surface area (Å²) in [5.41, 5.74) is 4.04. The van der Waals surface area contributed by atoms with E-state index in [1.165, 1.54) is 21.6 Å². The van der Waals surface area contributed by atoms with Crippen LogP contribution in [0, 0.1) is 0 Å². The van der Waals surface area contributed by atoms with Crippen molar-refractivity contribution >= 4 is 11.8 Å². The number of likely N-dealkylation sites (tertiary alicyclic amines) is 1. The van der Waals surface area contributed by atoms with Gasteiger partial charge in [-0.2, -0.15) is 0 Å². The molecule has 2 aliphatic heterocycles. The van der Waals surface area contributed by atoms with Gasteiger partial charge < -0.3 is 0 Å². The molecule has 0 spiro atoms. The van der Waals surface area contributed by atoms with Gasteiger partial charge in [-0.25, -0.2) is 0 Å². The lowest BCUT2D eigenvalue weighted by atomic mass is 9.85. The van der Waals surface area contributed by atoms with E-state index < -0.39 is 0 Å². The Morgan fingerprint density at radius 3 is 2.28 bits per heavy atom. The van der Waals surface area contributed by atoms with Crippen molar-refractivity contribution in [3.63, 3.8) is 0 Å². The molecule has 0 saturated carbocycles. The predicted molar refractivity (Wildman–Crippen MR) is 96.0 cm³/mol. The van der Waals surface area contributed by atoms with Crippen LogP contribution in [-0.2, 0) is 16.1 Å². The molecule has 2 amide bonds. The third-order valence-corrected chi connectivity index (χ3v) is 5.26. The van der Waals surface area contributed by atoms with Crippen LogP contribution < -0.4 is 0 Å². The number of fused-ring (bicyclic) bond motifs is 1. The molecule has 2 aromatic carbocycles. The van der Waals surface area contributed by atoms with Gasteiger partial charge in [-0.15, -0.1) is 0 Å². The minimum absolute atomic E-state index is 0.0259. The van der Waals surface area contributed by atoms with Crippen LogP contribution in [0.4, 0.5) is 0 Å². The van der Waals surface area contributed by atoms with E-state index in [-0.39, 0.29) is 11.8 Å². The molecule has 2 aromatic rings. The molecule has 4 rings (SSSR count). The number of rotatable bonds is 4. The number of carbonyl (C=O) groups is 2. The first-order chi connectivity index (χ1) is 12.2. The van der Waals surface area contributed by atoms with Crippen molar-refractivity contribution in [1.82, 2.24) is 9.80 Å². The molecule has 128 valence electrons.